The van der Waals surface area contributed by atoms with Gasteiger partial charge in [0.15, 0.2) is 5.69 Å². The molecule has 0 atom stereocenters. The van der Waals surface area contributed by atoms with Crippen molar-refractivity contribution in [3.63, 3.8) is 0 Å². The molecule has 0 bridgehead atoms. The number of amides is 2. The molecule has 1 aromatic heterocycles. The number of nitrogens with zero attached hydrogens (tertiary/aromatic N) is 5. The lowest BCUT2D eigenvalue weighted by atomic mass is 9.84. The maximum absolute atomic E-state index is 12.9. The quantitative estimate of drug-likeness (QED) is 0.774. The molecule has 1 aromatic carbocycles. The molecule has 1 spiro atoms. The summed E-state index contributed by atoms with van der Waals surface area (Å²) in [6, 6.07) is 8.22. The van der Waals surface area contributed by atoms with Gasteiger partial charge in [-0.15, -0.1) is 0 Å². The van der Waals surface area contributed by atoms with Gasteiger partial charge in [0.1, 0.15) is 0 Å². The topological polar surface area (TPSA) is 87.7 Å². The number of hydrogen-bond acceptors (Lipinski definition) is 5. The zero-order chi connectivity index (χ0) is 23.0. The van der Waals surface area contributed by atoms with E-state index in [1.165, 1.54) is 59.4 Å². The van der Waals surface area contributed by atoms with Crippen molar-refractivity contribution < 1.29 is 9.59 Å². The fourth-order valence-electron chi connectivity index (χ4n) is 5.89. The summed E-state index contributed by atoms with van der Waals surface area (Å²) in [5.41, 5.74) is 9.71. The fourth-order valence-corrected chi connectivity index (χ4v) is 5.89. The van der Waals surface area contributed by atoms with Crippen LogP contribution in [0.5, 0.6) is 0 Å². The highest BCUT2D eigenvalue weighted by atomic mass is 16.2. The van der Waals surface area contributed by atoms with Gasteiger partial charge >= 0.3 is 6.03 Å². The van der Waals surface area contributed by atoms with E-state index in [0.717, 1.165) is 39.0 Å². The molecule has 0 radical (unpaired) electrons. The Balaban J connectivity index is 1.28. The Morgan fingerprint density at radius 2 is 1.76 bits per heavy atom. The van der Waals surface area contributed by atoms with Crippen LogP contribution in [0.1, 0.15) is 60.1 Å². The summed E-state index contributed by atoms with van der Waals surface area (Å²) in [5, 5.41) is 4.04. The molecular weight excluding hydrogens is 416 g/mol. The minimum atomic E-state index is -0.620. The van der Waals surface area contributed by atoms with Crippen molar-refractivity contribution in [2.24, 2.45) is 5.73 Å². The van der Waals surface area contributed by atoms with Gasteiger partial charge in [-0.25, -0.2) is 4.79 Å². The summed E-state index contributed by atoms with van der Waals surface area (Å²) < 4.78 is 1.24. The lowest BCUT2D eigenvalue weighted by molar-refractivity contribution is 0.0585. The van der Waals surface area contributed by atoms with Gasteiger partial charge in [-0.2, -0.15) is 9.78 Å². The van der Waals surface area contributed by atoms with Crippen LogP contribution in [0, 0.1) is 6.92 Å². The van der Waals surface area contributed by atoms with Crippen LogP contribution in [0.4, 0.5) is 10.5 Å². The molecule has 33 heavy (non-hydrogen) atoms. The Kier molecular flexibility index (Phi) is 5.86. The third-order valence-electron chi connectivity index (χ3n) is 7.79. The Bertz CT molecular complexity index is 1030. The molecule has 4 heterocycles. The van der Waals surface area contributed by atoms with Gasteiger partial charge in [-0.05, 0) is 75.3 Å². The molecule has 3 saturated heterocycles. The molecule has 3 aliphatic heterocycles. The van der Waals surface area contributed by atoms with Crippen LogP contribution in [0.2, 0.25) is 0 Å². The van der Waals surface area contributed by atoms with Crippen LogP contribution in [0.15, 0.2) is 30.5 Å². The summed E-state index contributed by atoms with van der Waals surface area (Å²) in [5.74, 6) is -0.620. The number of anilines is 1. The number of nitrogens with two attached hydrogens (primary N) is 1. The molecule has 5 rings (SSSR count). The average molecular weight is 451 g/mol. The van der Waals surface area contributed by atoms with Crippen LogP contribution in [0.25, 0.3) is 0 Å². The standard InChI is InChI=1S/C25H34N6O2/c1-19-5-6-20(22(17-19)28-11-2-3-12-28)18-30-13-4-8-25(30)9-15-29(16-10-25)24(33)31-14-7-21(27-31)23(26)32/h5-7,14,17H,2-4,8-13,15-16,18H2,1H3,(H2,26,32). The van der Waals surface area contributed by atoms with Crippen LogP contribution in [-0.4, -0.2) is 69.8 Å². The van der Waals surface area contributed by atoms with Crippen LogP contribution < -0.4 is 10.6 Å². The number of rotatable bonds is 4. The van der Waals surface area contributed by atoms with E-state index in [1.54, 1.807) is 0 Å². The first-order valence-corrected chi connectivity index (χ1v) is 12.2. The minimum absolute atomic E-state index is 0.116. The van der Waals surface area contributed by atoms with E-state index >= 15 is 0 Å². The number of carbonyl (C=O) groups is 2. The third kappa shape index (κ3) is 4.24. The second-order valence-electron chi connectivity index (χ2n) is 9.86. The van der Waals surface area contributed by atoms with E-state index in [-0.39, 0.29) is 17.3 Å². The predicted octanol–water partition coefficient (Wildman–Crippen LogP) is 2.99. The number of hydrogen-bond donors (Lipinski definition) is 1. The molecule has 3 aliphatic rings. The van der Waals surface area contributed by atoms with Crippen molar-refractivity contribution in [2.45, 2.75) is 57.5 Å². The lowest BCUT2D eigenvalue weighted by Gasteiger charge is -2.45. The summed E-state index contributed by atoms with van der Waals surface area (Å²) in [6.07, 6.45) is 8.41. The highest BCUT2D eigenvalue weighted by Crippen LogP contribution is 2.40. The Morgan fingerprint density at radius 1 is 1.00 bits per heavy atom. The van der Waals surface area contributed by atoms with Crippen molar-refractivity contribution in [2.75, 3.05) is 37.6 Å². The summed E-state index contributed by atoms with van der Waals surface area (Å²) in [4.78, 5) is 31.3. The maximum Gasteiger partial charge on any atom is 0.344 e. The van der Waals surface area contributed by atoms with Gasteiger partial charge in [0.2, 0.25) is 0 Å². The largest absolute Gasteiger partial charge is 0.371 e. The van der Waals surface area contributed by atoms with Crippen LogP contribution in [0.3, 0.4) is 0 Å². The number of benzene rings is 1. The number of primary amides is 1. The SMILES string of the molecule is Cc1ccc(CN2CCCC23CCN(C(=O)n2ccc(C(N)=O)n2)CC3)c(N2CCCC2)c1. The molecule has 2 amide bonds. The summed E-state index contributed by atoms with van der Waals surface area (Å²) >= 11 is 0. The van der Waals surface area contributed by atoms with Gasteiger partial charge in [-0.1, -0.05) is 12.1 Å². The number of carbonyl (C=O) groups excluding carboxylic acids is 2. The number of aromatic nitrogens is 2. The molecule has 0 unspecified atom stereocenters. The normalized spacial score (nSPS) is 20.6. The predicted molar refractivity (Wildman–Crippen MR) is 127 cm³/mol. The number of likely N-dealkylation sites (tertiary alicyclic amines) is 2. The first-order valence-electron chi connectivity index (χ1n) is 12.2. The lowest BCUT2D eigenvalue weighted by Crippen LogP contribution is -2.53. The van der Waals surface area contributed by atoms with Gasteiger partial charge in [0.05, 0.1) is 0 Å². The number of aryl methyl sites for hydroxylation is 1. The maximum atomic E-state index is 12.9. The summed E-state index contributed by atoms with van der Waals surface area (Å²) in [7, 11) is 0. The van der Waals surface area contributed by atoms with E-state index in [9.17, 15) is 9.59 Å². The molecule has 8 heteroatoms. The van der Waals surface area contributed by atoms with E-state index in [0.29, 0.717) is 13.1 Å². The number of piperidine rings is 1. The molecule has 176 valence electrons. The molecule has 2 aromatic rings. The van der Waals surface area contributed by atoms with E-state index in [1.807, 2.05) is 4.90 Å². The first-order chi connectivity index (χ1) is 15.9. The van der Waals surface area contributed by atoms with E-state index in [2.05, 4.69) is 40.0 Å². The van der Waals surface area contributed by atoms with Crippen molar-refractivity contribution in [3.05, 3.63) is 47.3 Å². The molecule has 8 nitrogen and oxygen atoms in total. The minimum Gasteiger partial charge on any atom is -0.371 e. The zero-order valence-electron chi connectivity index (χ0n) is 19.5. The van der Waals surface area contributed by atoms with Gasteiger partial charge in [0.25, 0.3) is 5.91 Å². The third-order valence-corrected chi connectivity index (χ3v) is 7.79. The van der Waals surface area contributed by atoms with E-state index < -0.39 is 5.91 Å². The Hall–Kier alpha value is -2.87. The second-order valence-corrected chi connectivity index (χ2v) is 9.86. The zero-order valence-corrected chi connectivity index (χ0v) is 19.5. The second kappa shape index (κ2) is 8.82. The molecule has 3 fully saturated rings. The van der Waals surface area contributed by atoms with Crippen molar-refractivity contribution >= 4 is 17.6 Å². The monoisotopic (exact) mass is 450 g/mol. The van der Waals surface area contributed by atoms with Gasteiger partial charge in [0, 0.05) is 50.1 Å². The van der Waals surface area contributed by atoms with E-state index in [4.69, 9.17) is 5.73 Å². The summed E-state index contributed by atoms with van der Waals surface area (Å²) in [6.45, 7) is 7.98. The molecule has 0 saturated carbocycles. The Morgan fingerprint density at radius 3 is 2.45 bits per heavy atom. The van der Waals surface area contributed by atoms with Crippen molar-refractivity contribution in [1.82, 2.24) is 19.6 Å². The van der Waals surface area contributed by atoms with Crippen LogP contribution in [-0.2, 0) is 6.54 Å². The van der Waals surface area contributed by atoms with Crippen molar-refractivity contribution in [1.29, 1.82) is 0 Å². The molecule has 2 N–H and O–H groups in total. The fraction of sp³-hybridized carbons (Fsp3) is 0.560. The van der Waals surface area contributed by atoms with Gasteiger partial charge < -0.3 is 15.5 Å². The Labute approximate surface area is 195 Å². The highest BCUT2D eigenvalue weighted by molar-refractivity contribution is 5.91. The molecular formula is C25H34N6O2. The van der Waals surface area contributed by atoms with Crippen LogP contribution >= 0.6 is 0 Å². The molecule has 0 aliphatic carbocycles. The highest BCUT2D eigenvalue weighted by Gasteiger charge is 2.44. The van der Waals surface area contributed by atoms with Crippen molar-refractivity contribution in [3.8, 4) is 0 Å². The first kappa shape index (κ1) is 21.9. The average Bonchev–Trinajstić information content (AvgIpc) is 3.57. The van der Waals surface area contributed by atoms with Gasteiger partial charge in [-0.3, -0.25) is 9.69 Å². The smallest absolute Gasteiger partial charge is 0.344 e.